The molecule has 3 N–H and O–H groups in total. The van der Waals surface area contributed by atoms with Crippen molar-refractivity contribution in [3.05, 3.63) is 23.2 Å². The van der Waals surface area contributed by atoms with E-state index in [0.29, 0.717) is 17.3 Å². The lowest BCUT2D eigenvalue weighted by Crippen LogP contribution is -2.50. The van der Waals surface area contributed by atoms with Crippen LogP contribution >= 0.6 is 11.6 Å². The number of amides is 2. The quantitative estimate of drug-likeness (QED) is 0.694. The summed E-state index contributed by atoms with van der Waals surface area (Å²) in [6, 6.07) is 5.40. The van der Waals surface area contributed by atoms with Gasteiger partial charge in [-0.3, -0.25) is 10.1 Å². The summed E-state index contributed by atoms with van der Waals surface area (Å²) < 4.78 is 0. The van der Waals surface area contributed by atoms with Crippen molar-refractivity contribution >= 4 is 35.0 Å². The molecule has 1 spiro atoms. The highest BCUT2D eigenvalue weighted by Gasteiger charge is 2.50. The van der Waals surface area contributed by atoms with Gasteiger partial charge in [0.15, 0.2) is 0 Å². The number of piperidine rings is 1. The fourth-order valence-corrected chi connectivity index (χ4v) is 5.55. The van der Waals surface area contributed by atoms with E-state index >= 15 is 0 Å². The van der Waals surface area contributed by atoms with Gasteiger partial charge in [0.1, 0.15) is 0 Å². The molecular weight excluding hydrogens is 394 g/mol. The molecule has 2 saturated heterocycles. The fraction of sp³-hybridized carbons (Fsp3) is 0.619. The fourth-order valence-electron chi connectivity index (χ4n) is 5.25. The highest BCUT2D eigenvalue weighted by molar-refractivity contribution is 6.33. The number of anilines is 2. The zero-order valence-electron chi connectivity index (χ0n) is 16.4. The molecule has 1 aromatic rings. The number of carbonyl (C=O) groups excluding carboxylic acids is 1. The molecule has 7 nitrogen and oxygen atoms in total. The minimum Gasteiger partial charge on any atom is -0.465 e. The van der Waals surface area contributed by atoms with Crippen LogP contribution in [0.15, 0.2) is 18.2 Å². The zero-order valence-corrected chi connectivity index (χ0v) is 17.2. The number of halogens is 1. The third-order valence-corrected chi connectivity index (χ3v) is 7.07. The summed E-state index contributed by atoms with van der Waals surface area (Å²) in [5, 5.41) is 21.4. The summed E-state index contributed by atoms with van der Waals surface area (Å²) in [6.45, 7) is 2.27. The molecule has 3 fully saturated rings. The minimum atomic E-state index is -1.13. The Labute approximate surface area is 175 Å². The van der Waals surface area contributed by atoms with Gasteiger partial charge >= 0.3 is 6.09 Å². The Hall–Kier alpha value is -1.99. The van der Waals surface area contributed by atoms with Gasteiger partial charge in [-0.15, -0.1) is 0 Å². The number of hydrogen-bond acceptors (Lipinski definition) is 4. The van der Waals surface area contributed by atoms with E-state index in [1.807, 2.05) is 6.07 Å². The van der Waals surface area contributed by atoms with Crippen LogP contribution in [-0.4, -0.2) is 58.9 Å². The van der Waals surface area contributed by atoms with Gasteiger partial charge in [-0.2, -0.15) is 0 Å². The van der Waals surface area contributed by atoms with Crippen LogP contribution in [0, 0.1) is 5.41 Å². The van der Waals surface area contributed by atoms with Gasteiger partial charge in [0.25, 0.3) is 0 Å². The number of aliphatic hydroxyl groups excluding tert-OH is 1. The van der Waals surface area contributed by atoms with Crippen LogP contribution in [0.25, 0.3) is 0 Å². The van der Waals surface area contributed by atoms with Crippen molar-refractivity contribution in [2.75, 3.05) is 29.9 Å². The molecule has 0 unspecified atom stereocenters. The third kappa shape index (κ3) is 4.03. The first-order valence-corrected chi connectivity index (χ1v) is 10.8. The van der Waals surface area contributed by atoms with Crippen LogP contribution in [0.4, 0.5) is 16.2 Å². The predicted molar refractivity (Wildman–Crippen MR) is 112 cm³/mol. The van der Waals surface area contributed by atoms with Crippen LogP contribution in [-0.2, 0) is 4.79 Å². The van der Waals surface area contributed by atoms with Crippen molar-refractivity contribution in [1.82, 2.24) is 4.90 Å². The molecule has 0 aromatic heterocycles. The van der Waals surface area contributed by atoms with Crippen molar-refractivity contribution in [2.24, 2.45) is 5.41 Å². The molecule has 1 aliphatic carbocycles. The van der Waals surface area contributed by atoms with Crippen molar-refractivity contribution in [1.29, 1.82) is 0 Å². The Morgan fingerprint density at radius 3 is 2.62 bits per heavy atom. The second-order valence-electron chi connectivity index (χ2n) is 8.61. The Morgan fingerprint density at radius 2 is 1.93 bits per heavy atom. The molecule has 2 heterocycles. The molecule has 8 heteroatoms. The molecule has 1 saturated carbocycles. The molecule has 0 bridgehead atoms. The second kappa shape index (κ2) is 8.03. The first-order valence-electron chi connectivity index (χ1n) is 10.4. The van der Waals surface area contributed by atoms with Gasteiger partial charge in [0.05, 0.1) is 22.2 Å². The lowest BCUT2D eigenvalue weighted by Gasteiger charge is -2.41. The molecule has 0 radical (unpaired) electrons. The summed E-state index contributed by atoms with van der Waals surface area (Å²) >= 11 is 6.45. The number of likely N-dealkylation sites (tertiary alicyclic amines) is 1. The van der Waals surface area contributed by atoms with Crippen LogP contribution in [0.5, 0.6) is 0 Å². The average molecular weight is 422 g/mol. The SMILES string of the molecule is O=C(O)Nc1ccc(N2CCC[C@]3(CCN([C@H]4CC[C@H](O)CC4)C3=O)C2)c(Cl)c1. The number of carbonyl (C=O) groups is 2. The van der Waals surface area contributed by atoms with E-state index in [1.54, 1.807) is 12.1 Å². The zero-order chi connectivity index (χ0) is 20.6. The monoisotopic (exact) mass is 421 g/mol. The van der Waals surface area contributed by atoms with E-state index in [4.69, 9.17) is 16.7 Å². The topological polar surface area (TPSA) is 93.1 Å². The first-order chi connectivity index (χ1) is 13.9. The van der Waals surface area contributed by atoms with Gasteiger partial charge in [-0.25, -0.2) is 4.79 Å². The number of aliphatic hydroxyl groups is 1. The van der Waals surface area contributed by atoms with Crippen LogP contribution < -0.4 is 10.2 Å². The lowest BCUT2D eigenvalue weighted by molar-refractivity contribution is -0.139. The molecule has 1 atom stereocenters. The van der Waals surface area contributed by atoms with E-state index in [2.05, 4.69) is 15.1 Å². The summed E-state index contributed by atoms with van der Waals surface area (Å²) in [7, 11) is 0. The summed E-state index contributed by atoms with van der Waals surface area (Å²) in [6.07, 6.45) is 4.66. The van der Waals surface area contributed by atoms with E-state index in [0.717, 1.165) is 63.7 Å². The maximum absolute atomic E-state index is 13.4. The summed E-state index contributed by atoms with van der Waals surface area (Å²) in [5.41, 5.74) is 0.907. The second-order valence-corrected chi connectivity index (χ2v) is 9.02. The molecule has 29 heavy (non-hydrogen) atoms. The minimum absolute atomic E-state index is 0.219. The number of hydrogen-bond donors (Lipinski definition) is 3. The summed E-state index contributed by atoms with van der Waals surface area (Å²) in [5.74, 6) is 0.254. The van der Waals surface area contributed by atoms with Crippen LogP contribution in [0.2, 0.25) is 5.02 Å². The maximum Gasteiger partial charge on any atom is 0.409 e. The van der Waals surface area contributed by atoms with Crippen LogP contribution in [0.3, 0.4) is 0 Å². The van der Waals surface area contributed by atoms with Crippen molar-refractivity contribution < 1.29 is 19.8 Å². The molecule has 4 rings (SSSR count). The van der Waals surface area contributed by atoms with Crippen LogP contribution in [0.1, 0.15) is 44.9 Å². The van der Waals surface area contributed by atoms with Crippen molar-refractivity contribution in [2.45, 2.75) is 57.1 Å². The highest BCUT2D eigenvalue weighted by Crippen LogP contribution is 2.44. The Balaban J connectivity index is 1.48. The van der Waals surface area contributed by atoms with Gasteiger partial charge < -0.3 is 20.0 Å². The van der Waals surface area contributed by atoms with E-state index in [9.17, 15) is 14.7 Å². The van der Waals surface area contributed by atoms with Gasteiger partial charge in [-0.1, -0.05) is 11.6 Å². The summed E-state index contributed by atoms with van der Waals surface area (Å²) in [4.78, 5) is 28.5. The first kappa shape index (κ1) is 20.3. The van der Waals surface area contributed by atoms with Gasteiger partial charge in [0.2, 0.25) is 5.91 Å². The predicted octanol–water partition coefficient (Wildman–Crippen LogP) is 3.55. The largest absolute Gasteiger partial charge is 0.465 e. The Kier molecular flexibility index (Phi) is 5.62. The molecule has 158 valence electrons. The molecule has 3 aliphatic rings. The molecule has 2 aliphatic heterocycles. The number of nitrogens with zero attached hydrogens (tertiary/aromatic N) is 2. The third-order valence-electron chi connectivity index (χ3n) is 6.77. The van der Waals surface area contributed by atoms with E-state index in [1.165, 1.54) is 0 Å². The Bertz CT molecular complexity index is 796. The van der Waals surface area contributed by atoms with Crippen molar-refractivity contribution in [3.8, 4) is 0 Å². The number of nitrogens with one attached hydrogen (secondary N) is 1. The maximum atomic E-state index is 13.4. The number of rotatable bonds is 3. The molecular formula is C21H28ClN3O4. The van der Waals surface area contributed by atoms with Gasteiger partial charge in [0, 0.05) is 31.4 Å². The average Bonchev–Trinajstić information content (AvgIpc) is 2.98. The van der Waals surface area contributed by atoms with Crippen molar-refractivity contribution in [3.63, 3.8) is 0 Å². The smallest absolute Gasteiger partial charge is 0.409 e. The normalized spacial score (nSPS) is 30.1. The lowest BCUT2D eigenvalue weighted by atomic mass is 9.78. The van der Waals surface area contributed by atoms with Gasteiger partial charge in [-0.05, 0) is 63.1 Å². The number of benzene rings is 1. The highest BCUT2D eigenvalue weighted by atomic mass is 35.5. The molecule has 2 amide bonds. The number of carboxylic acid groups (broad SMARTS) is 1. The van der Waals surface area contributed by atoms with E-state index < -0.39 is 6.09 Å². The molecule has 1 aromatic carbocycles. The standard InChI is InChI=1S/C21H28ClN3O4/c22-17-12-14(23-20(28)29)2-7-18(17)24-10-1-8-21(13-24)9-11-25(19(21)27)15-3-5-16(26)6-4-15/h2,7,12,15-16,23,26H,1,3-6,8-11,13H2,(H,28,29)/t15-,16-,21-/m0/s1. The Morgan fingerprint density at radius 1 is 1.17 bits per heavy atom. The van der Waals surface area contributed by atoms with E-state index in [-0.39, 0.29) is 23.5 Å².